The van der Waals surface area contributed by atoms with Gasteiger partial charge in [-0.2, -0.15) is 0 Å². The third-order valence-electron chi connectivity index (χ3n) is 6.21. The van der Waals surface area contributed by atoms with Crippen molar-refractivity contribution in [1.29, 1.82) is 0 Å². The first-order valence-electron chi connectivity index (χ1n) is 11.1. The number of halogens is 1. The highest BCUT2D eigenvalue weighted by Crippen LogP contribution is 2.34. The van der Waals surface area contributed by atoms with E-state index in [0.29, 0.717) is 45.9 Å². The highest BCUT2D eigenvalue weighted by Gasteiger charge is 2.37. The number of amides is 3. The van der Waals surface area contributed by atoms with Gasteiger partial charge in [0.1, 0.15) is 12.4 Å². The number of aliphatic hydroxyl groups excluding tert-OH is 1. The molecule has 0 aliphatic carbocycles. The monoisotopic (exact) mass is 470 g/mol. The topological polar surface area (TPSA) is 124 Å². The number of rotatable bonds is 6. The van der Waals surface area contributed by atoms with E-state index in [1.54, 1.807) is 19.9 Å². The molecule has 34 heavy (non-hydrogen) atoms. The number of aryl methyl sites for hydroxylation is 1. The molecular weight excluding hydrogens is 443 g/mol. The number of likely N-dealkylation sites (tertiary alicyclic amines) is 1. The van der Waals surface area contributed by atoms with Gasteiger partial charge in [-0.25, -0.2) is 4.39 Å². The van der Waals surface area contributed by atoms with Crippen LogP contribution in [-0.2, 0) is 14.3 Å². The number of carbonyl (C=O) groups excluding carboxylic acids is 3. The Labute approximate surface area is 196 Å². The fourth-order valence-electron chi connectivity index (χ4n) is 4.55. The number of aromatic nitrogens is 1. The fraction of sp³-hybridized carbons (Fsp3) is 0.375. The Balaban J connectivity index is 1.59. The summed E-state index contributed by atoms with van der Waals surface area (Å²) >= 11 is 0. The van der Waals surface area contributed by atoms with E-state index in [4.69, 9.17) is 9.84 Å². The molecule has 2 aliphatic rings. The zero-order chi connectivity index (χ0) is 24.6. The van der Waals surface area contributed by atoms with E-state index in [0.717, 1.165) is 0 Å². The molecule has 2 aromatic rings. The molecule has 4 rings (SSSR count). The van der Waals surface area contributed by atoms with Crippen LogP contribution in [0.3, 0.4) is 0 Å². The molecule has 0 bridgehead atoms. The molecule has 2 aliphatic heterocycles. The summed E-state index contributed by atoms with van der Waals surface area (Å²) in [5.41, 5.74) is 3.52. The number of nitrogens with one attached hydrogen (secondary N) is 3. The maximum Gasteiger partial charge on any atom is 0.256 e. The minimum Gasteiger partial charge on any atom is -0.387 e. The quantitative estimate of drug-likeness (QED) is 0.478. The lowest BCUT2D eigenvalue weighted by Gasteiger charge is -2.19. The summed E-state index contributed by atoms with van der Waals surface area (Å²) in [5.74, 6) is -1.56. The highest BCUT2D eigenvalue weighted by atomic mass is 19.1. The van der Waals surface area contributed by atoms with Crippen molar-refractivity contribution in [3.63, 3.8) is 0 Å². The van der Waals surface area contributed by atoms with Gasteiger partial charge in [0.2, 0.25) is 5.91 Å². The molecule has 180 valence electrons. The third kappa shape index (κ3) is 4.34. The van der Waals surface area contributed by atoms with E-state index in [9.17, 15) is 18.8 Å². The first-order chi connectivity index (χ1) is 16.2. The SMILES string of the molecule is CCO[C@@H]1CN(C(=O)CO)C[C@H]1NC(=O)c1c(C)[nH]c(/C=C2\C(=O)Nc3ccc(F)cc32)c1C. The number of carbonyl (C=O) groups is 3. The Bertz CT molecular complexity index is 1190. The number of anilines is 1. The second-order valence-electron chi connectivity index (χ2n) is 8.40. The number of ether oxygens (including phenoxy) is 1. The fourth-order valence-corrected chi connectivity index (χ4v) is 4.55. The van der Waals surface area contributed by atoms with Gasteiger partial charge in [0.15, 0.2) is 0 Å². The predicted octanol–water partition coefficient (Wildman–Crippen LogP) is 1.60. The number of aromatic amines is 1. The normalized spacial score (nSPS) is 20.6. The van der Waals surface area contributed by atoms with Gasteiger partial charge in [0.25, 0.3) is 11.8 Å². The van der Waals surface area contributed by atoms with Gasteiger partial charge in [0.05, 0.1) is 23.3 Å². The molecule has 3 amide bonds. The Morgan fingerprint density at radius 1 is 1.32 bits per heavy atom. The van der Waals surface area contributed by atoms with Crippen molar-refractivity contribution in [1.82, 2.24) is 15.2 Å². The van der Waals surface area contributed by atoms with Gasteiger partial charge >= 0.3 is 0 Å². The number of aliphatic hydroxyl groups is 1. The number of hydrogen-bond acceptors (Lipinski definition) is 5. The number of benzene rings is 1. The average Bonchev–Trinajstić information content (AvgIpc) is 3.42. The van der Waals surface area contributed by atoms with E-state index >= 15 is 0 Å². The van der Waals surface area contributed by atoms with Crippen molar-refractivity contribution in [2.24, 2.45) is 0 Å². The van der Waals surface area contributed by atoms with E-state index in [1.807, 2.05) is 6.92 Å². The first-order valence-corrected chi connectivity index (χ1v) is 11.1. The predicted molar refractivity (Wildman–Crippen MR) is 124 cm³/mol. The summed E-state index contributed by atoms with van der Waals surface area (Å²) in [7, 11) is 0. The van der Waals surface area contributed by atoms with Crippen LogP contribution in [0.5, 0.6) is 0 Å². The maximum atomic E-state index is 13.8. The van der Waals surface area contributed by atoms with Crippen molar-refractivity contribution in [3.05, 3.63) is 52.1 Å². The maximum absolute atomic E-state index is 13.8. The molecule has 4 N–H and O–H groups in total. The van der Waals surface area contributed by atoms with Gasteiger partial charge < -0.3 is 30.4 Å². The van der Waals surface area contributed by atoms with Gasteiger partial charge in [-0.15, -0.1) is 0 Å². The number of H-pyrrole nitrogens is 1. The van der Waals surface area contributed by atoms with Crippen LogP contribution < -0.4 is 10.6 Å². The summed E-state index contributed by atoms with van der Waals surface area (Å²) in [6.45, 7) is 5.68. The number of fused-ring (bicyclic) bond motifs is 1. The van der Waals surface area contributed by atoms with Crippen molar-refractivity contribution in [2.75, 3.05) is 31.6 Å². The Morgan fingerprint density at radius 3 is 2.79 bits per heavy atom. The lowest BCUT2D eigenvalue weighted by Crippen LogP contribution is -2.44. The van der Waals surface area contributed by atoms with Gasteiger partial charge in [-0.1, -0.05) is 0 Å². The van der Waals surface area contributed by atoms with Crippen molar-refractivity contribution >= 4 is 35.1 Å². The Hall–Kier alpha value is -3.50. The van der Waals surface area contributed by atoms with Crippen LogP contribution >= 0.6 is 0 Å². The van der Waals surface area contributed by atoms with Crippen LogP contribution in [0.25, 0.3) is 11.6 Å². The molecular formula is C24H27FN4O5. The average molecular weight is 471 g/mol. The second kappa shape index (κ2) is 9.40. The standard InChI is InChI=1S/C24H27FN4O5/c1-4-34-20-10-29(21(31)11-30)9-19(20)28-24(33)22-12(2)18(26-13(22)3)8-16-15-7-14(25)5-6-17(15)27-23(16)32/h5-8,19-20,26,30H,4,9-11H2,1-3H3,(H,27,32)(H,28,33)/b16-8-/t19-,20-/m1/s1. The van der Waals surface area contributed by atoms with E-state index in [-0.39, 0.29) is 31.0 Å². The molecule has 3 heterocycles. The second-order valence-corrected chi connectivity index (χ2v) is 8.40. The third-order valence-corrected chi connectivity index (χ3v) is 6.21. The van der Waals surface area contributed by atoms with Crippen LogP contribution in [0, 0.1) is 19.7 Å². The molecule has 0 saturated carbocycles. The summed E-state index contributed by atoms with van der Waals surface area (Å²) in [6, 6.07) is 3.65. The highest BCUT2D eigenvalue weighted by molar-refractivity contribution is 6.34. The molecule has 0 radical (unpaired) electrons. The van der Waals surface area contributed by atoms with Gasteiger partial charge in [-0.05, 0) is 50.6 Å². The summed E-state index contributed by atoms with van der Waals surface area (Å²) in [6.07, 6.45) is 1.22. The van der Waals surface area contributed by atoms with Crippen molar-refractivity contribution < 1.29 is 28.6 Å². The smallest absolute Gasteiger partial charge is 0.256 e. The molecule has 9 nitrogen and oxygen atoms in total. The Morgan fingerprint density at radius 2 is 2.09 bits per heavy atom. The lowest BCUT2D eigenvalue weighted by molar-refractivity contribution is -0.133. The molecule has 1 aromatic carbocycles. The molecule has 1 fully saturated rings. The Kier molecular flexibility index (Phi) is 6.54. The number of hydrogen-bond donors (Lipinski definition) is 4. The van der Waals surface area contributed by atoms with Crippen molar-refractivity contribution in [3.8, 4) is 0 Å². The zero-order valence-corrected chi connectivity index (χ0v) is 19.2. The van der Waals surface area contributed by atoms with Crippen LogP contribution in [0.15, 0.2) is 18.2 Å². The molecule has 1 aromatic heterocycles. The number of nitrogens with zero attached hydrogens (tertiary/aromatic N) is 1. The molecule has 0 unspecified atom stereocenters. The summed E-state index contributed by atoms with van der Waals surface area (Å²) in [5, 5.41) is 14.8. The minimum atomic E-state index is -0.603. The van der Waals surface area contributed by atoms with E-state index in [2.05, 4.69) is 15.6 Å². The lowest BCUT2D eigenvalue weighted by atomic mass is 10.0. The summed E-state index contributed by atoms with van der Waals surface area (Å²) in [4.78, 5) is 42.2. The molecule has 1 saturated heterocycles. The van der Waals surface area contributed by atoms with E-state index in [1.165, 1.54) is 23.1 Å². The van der Waals surface area contributed by atoms with Crippen molar-refractivity contribution in [2.45, 2.75) is 32.9 Å². The zero-order valence-electron chi connectivity index (χ0n) is 19.2. The first kappa shape index (κ1) is 23.7. The van der Waals surface area contributed by atoms with E-state index < -0.39 is 24.4 Å². The largest absolute Gasteiger partial charge is 0.387 e. The summed E-state index contributed by atoms with van der Waals surface area (Å²) < 4.78 is 19.5. The molecule has 0 spiro atoms. The van der Waals surface area contributed by atoms with Gasteiger partial charge in [0, 0.05) is 42.3 Å². The van der Waals surface area contributed by atoms with Crippen LogP contribution in [0.4, 0.5) is 10.1 Å². The van der Waals surface area contributed by atoms with Crippen LogP contribution in [0.2, 0.25) is 0 Å². The van der Waals surface area contributed by atoms with Crippen LogP contribution in [0.1, 0.15) is 39.8 Å². The van der Waals surface area contributed by atoms with Gasteiger partial charge in [-0.3, -0.25) is 14.4 Å². The molecule has 10 heteroatoms. The minimum absolute atomic E-state index is 0.234. The van der Waals surface area contributed by atoms with Crippen LogP contribution in [-0.4, -0.2) is 71.2 Å². The molecule has 2 atom stereocenters.